The number of nitrogens with zero attached hydrogens (tertiary/aromatic N) is 2. The van der Waals surface area contributed by atoms with E-state index in [9.17, 15) is 0 Å². The molecule has 0 spiro atoms. The number of anilines is 1. The lowest BCUT2D eigenvalue weighted by molar-refractivity contribution is 0.612. The van der Waals surface area contributed by atoms with E-state index in [0.29, 0.717) is 22.7 Å². The Bertz CT molecular complexity index is 406. The van der Waals surface area contributed by atoms with Crippen LogP contribution in [0.1, 0.15) is 50.9 Å². The van der Waals surface area contributed by atoms with Crippen molar-refractivity contribution in [2.75, 3.05) is 5.32 Å². The van der Waals surface area contributed by atoms with Crippen LogP contribution in [0, 0.1) is 6.92 Å². The first-order chi connectivity index (χ1) is 8.52. The van der Waals surface area contributed by atoms with Crippen LogP contribution in [0.15, 0.2) is 6.07 Å². The molecule has 0 aliphatic carbocycles. The fraction of sp³-hybridized carbons (Fsp3) is 0.615. The maximum atomic E-state index is 5.59. The third kappa shape index (κ3) is 4.96. The number of unbranched alkanes of at least 4 members (excludes halogenated alkanes) is 2. The molecule has 0 aromatic carbocycles. The summed E-state index contributed by atoms with van der Waals surface area (Å²) in [6, 6.07) is 2.16. The van der Waals surface area contributed by atoms with Gasteiger partial charge in [0.1, 0.15) is 10.7 Å². The van der Waals surface area contributed by atoms with Gasteiger partial charge in [-0.1, -0.05) is 38.4 Å². The van der Waals surface area contributed by atoms with E-state index in [1.54, 1.807) is 6.07 Å². The van der Waals surface area contributed by atoms with Gasteiger partial charge in [-0.3, -0.25) is 0 Å². The van der Waals surface area contributed by atoms with Gasteiger partial charge in [-0.05, 0) is 26.3 Å². The number of rotatable bonds is 7. The van der Waals surface area contributed by atoms with Crippen molar-refractivity contribution in [3.8, 4) is 0 Å². The average molecular weight is 266 g/mol. The fourth-order valence-corrected chi connectivity index (χ4v) is 1.86. The molecule has 1 unspecified atom stereocenters. The van der Waals surface area contributed by atoms with E-state index < -0.39 is 0 Å². The number of aromatic nitrogens is 2. The van der Waals surface area contributed by atoms with Gasteiger partial charge in [0, 0.05) is 11.7 Å². The summed E-state index contributed by atoms with van der Waals surface area (Å²) in [5, 5.41) is 3.30. The molecular formula is C13H22N4S. The zero-order valence-electron chi connectivity index (χ0n) is 11.4. The van der Waals surface area contributed by atoms with Crippen molar-refractivity contribution in [3.05, 3.63) is 17.5 Å². The lowest BCUT2D eigenvalue weighted by Crippen LogP contribution is -2.20. The highest BCUT2D eigenvalue weighted by Crippen LogP contribution is 2.10. The summed E-state index contributed by atoms with van der Waals surface area (Å²) in [7, 11) is 0. The smallest absolute Gasteiger partial charge is 0.223 e. The quantitative estimate of drug-likeness (QED) is 0.587. The molecule has 18 heavy (non-hydrogen) atoms. The van der Waals surface area contributed by atoms with E-state index in [1.165, 1.54) is 19.3 Å². The van der Waals surface area contributed by atoms with Gasteiger partial charge in [0.05, 0.1) is 0 Å². The SMILES string of the molecule is CCCCCC(C)Nc1nc(C)cc(C(N)=S)n1. The van der Waals surface area contributed by atoms with Gasteiger partial charge in [0.15, 0.2) is 0 Å². The topological polar surface area (TPSA) is 63.8 Å². The minimum Gasteiger partial charge on any atom is -0.388 e. The van der Waals surface area contributed by atoms with Gasteiger partial charge in [-0.2, -0.15) is 0 Å². The van der Waals surface area contributed by atoms with Crippen LogP contribution in [0.5, 0.6) is 0 Å². The minimum absolute atomic E-state index is 0.308. The Hall–Kier alpha value is -1.23. The fourth-order valence-electron chi connectivity index (χ4n) is 1.75. The average Bonchev–Trinajstić information content (AvgIpc) is 2.28. The standard InChI is InChI=1S/C13H22N4S/c1-4-5-6-7-9(2)15-13-16-10(3)8-11(17-13)12(14)18/h8-9H,4-7H2,1-3H3,(H2,14,18)(H,15,16,17). The molecule has 0 saturated carbocycles. The van der Waals surface area contributed by atoms with Crippen LogP contribution in [0.25, 0.3) is 0 Å². The zero-order valence-corrected chi connectivity index (χ0v) is 12.2. The van der Waals surface area contributed by atoms with Gasteiger partial charge < -0.3 is 11.1 Å². The molecule has 5 heteroatoms. The molecule has 3 N–H and O–H groups in total. The summed E-state index contributed by atoms with van der Waals surface area (Å²) in [5.41, 5.74) is 7.09. The van der Waals surface area contributed by atoms with Gasteiger partial charge in [-0.15, -0.1) is 0 Å². The number of hydrogen-bond donors (Lipinski definition) is 2. The van der Waals surface area contributed by atoms with Crippen molar-refractivity contribution in [2.45, 2.75) is 52.5 Å². The van der Waals surface area contributed by atoms with Crippen molar-refractivity contribution >= 4 is 23.2 Å². The highest BCUT2D eigenvalue weighted by Gasteiger charge is 2.07. The zero-order chi connectivity index (χ0) is 13.5. The molecule has 1 aromatic rings. The molecule has 0 aliphatic rings. The Morgan fingerprint density at radius 1 is 1.44 bits per heavy atom. The maximum absolute atomic E-state index is 5.59. The van der Waals surface area contributed by atoms with E-state index in [0.717, 1.165) is 12.1 Å². The van der Waals surface area contributed by atoms with E-state index in [1.807, 2.05) is 6.92 Å². The third-order valence-electron chi connectivity index (χ3n) is 2.72. The maximum Gasteiger partial charge on any atom is 0.223 e. The Labute approximate surface area is 114 Å². The third-order valence-corrected chi connectivity index (χ3v) is 2.93. The molecule has 0 aliphatic heterocycles. The molecule has 1 rings (SSSR count). The lowest BCUT2D eigenvalue weighted by Gasteiger charge is -2.14. The van der Waals surface area contributed by atoms with Crippen molar-refractivity contribution in [2.24, 2.45) is 5.73 Å². The molecule has 1 atom stereocenters. The van der Waals surface area contributed by atoms with Crippen LogP contribution in [-0.2, 0) is 0 Å². The van der Waals surface area contributed by atoms with E-state index in [4.69, 9.17) is 18.0 Å². The highest BCUT2D eigenvalue weighted by molar-refractivity contribution is 7.80. The van der Waals surface area contributed by atoms with Gasteiger partial charge in [0.2, 0.25) is 5.95 Å². The summed E-state index contributed by atoms with van der Waals surface area (Å²) in [6.07, 6.45) is 4.84. The van der Waals surface area contributed by atoms with Crippen molar-refractivity contribution in [1.29, 1.82) is 0 Å². The van der Waals surface area contributed by atoms with Gasteiger partial charge >= 0.3 is 0 Å². The van der Waals surface area contributed by atoms with Crippen LogP contribution in [-0.4, -0.2) is 21.0 Å². The Morgan fingerprint density at radius 3 is 2.78 bits per heavy atom. The molecule has 1 aromatic heterocycles. The van der Waals surface area contributed by atoms with Crippen molar-refractivity contribution < 1.29 is 0 Å². The normalized spacial score (nSPS) is 12.2. The van der Waals surface area contributed by atoms with Crippen LogP contribution in [0.2, 0.25) is 0 Å². The number of nitrogens with two attached hydrogens (primary N) is 1. The summed E-state index contributed by atoms with van der Waals surface area (Å²) < 4.78 is 0. The number of hydrogen-bond acceptors (Lipinski definition) is 4. The number of nitrogens with one attached hydrogen (secondary N) is 1. The molecule has 100 valence electrons. The largest absolute Gasteiger partial charge is 0.388 e. The Morgan fingerprint density at radius 2 is 2.17 bits per heavy atom. The second-order valence-corrected chi connectivity index (χ2v) is 5.06. The first-order valence-electron chi connectivity index (χ1n) is 6.45. The van der Waals surface area contributed by atoms with E-state index in [-0.39, 0.29) is 0 Å². The summed E-state index contributed by atoms with van der Waals surface area (Å²) in [6.45, 7) is 6.26. The number of thiocarbonyl (C=S) groups is 1. The molecule has 0 radical (unpaired) electrons. The molecule has 1 heterocycles. The molecular weight excluding hydrogens is 244 g/mol. The van der Waals surface area contributed by atoms with Gasteiger partial charge in [0.25, 0.3) is 0 Å². The molecule has 0 fully saturated rings. The summed E-state index contributed by atoms with van der Waals surface area (Å²) in [5.74, 6) is 0.613. The Kier molecular flexibility index (Phi) is 5.98. The molecule has 0 bridgehead atoms. The molecule has 4 nitrogen and oxygen atoms in total. The lowest BCUT2D eigenvalue weighted by atomic mass is 10.1. The second kappa shape index (κ2) is 7.26. The first-order valence-corrected chi connectivity index (χ1v) is 6.85. The van der Waals surface area contributed by atoms with E-state index >= 15 is 0 Å². The first kappa shape index (κ1) is 14.8. The monoisotopic (exact) mass is 266 g/mol. The van der Waals surface area contributed by atoms with E-state index in [2.05, 4.69) is 29.1 Å². The number of aryl methyl sites for hydroxylation is 1. The van der Waals surface area contributed by atoms with Crippen molar-refractivity contribution in [1.82, 2.24) is 9.97 Å². The predicted molar refractivity (Wildman–Crippen MR) is 79.9 cm³/mol. The van der Waals surface area contributed by atoms with Crippen molar-refractivity contribution in [3.63, 3.8) is 0 Å². The van der Waals surface area contributed by atoms with Crippen LogP contribution in [0.4, 0.5) is 5.95 Å². The van der Waals surface area contributed by atoms with Gasteiger partial charge in [-0.25, -0.2) is 9.97 Å². The molecule has 0 saturated heterocycles. The highest BCUT2D eigenvalue weighted by atomic mass is 32.1. The predicted octanol–water partition coefficient (Wildman–Crippen LogP) is 2.80. The Balaban J connectivity index is 2.63. The summed E-state index contributed by atoms with van der Waals surface area (Å²) in [4.78, 5) is 8.97. The van der Waals surface area contributed by atoms with Crippen LogP contribution in [0.3, 0.4) is 0 Å². The van der Waals surface area contributed by atoms with Crippen LogP contribution >= 0.6 is 12.2 Å². The minimum atomic E-state index is 0.308. The molecule has 0 amide bonds. The summed E-state index contributed by atoms with van der Waals surface area (Å²) >= 11 is 4.94. The van der Waals surface area contributed by atoms with Crippen LogP contribution < -0.4 is 11.1 Å². The second-order valence-electron chi connectivity index (χ2n) is 4.62.